The first-order chi connectivity index (χ1) is 9.50. The average Bonchev–Trinajstić information content (AvgIpc) is 2.45. The summed E-state index contributed by atoms with van der Waals surface area (Å²) in [7, 11) is -1.96. The third kappa shape index (κ3) is 3.62. The molecular formula is C13H14BrN3O2S. The molecule has 2 heterocycles. The molecule has 0 N–H and O–H groups in total. The summed E-state index contributed by atoms with van der Waals surface area (Å²) in [5, 5.41) is 0. The van der Waals surface area contributed by atoms with Crippen molar-refractivity contribution in [1.29, 1.82) is 0 Å². The summed E-state index contributed by atoms with van der Waals surface area (Å²) in [4.78, 5) is 8.24. The monoisotopic (exact) mass is 355 g/mol. The lowest BCUT2D eigenvalue weighted by atomic mass is 10.3. The lowest BCUT2D eigenvalue weighted by molar-refractivity contribution is 0.470. The van der Waals surface area contributed by atoms with E-state index in [-0.39, 0.29) is 4.90 Å². The highest BCUT2D eigenvalue weighted by Gasteiger charge is 2.21. The predicted molar refractivity (Wildman–Crippen MR) is 79.7 cm³/mol. The minimum atomic E-state index is -3.52. The Bertz CT molecular complexity index is 677. The fourth-order valence-electron chi connectivity index (χ4n) is 1.65. The van der Waals surface area contributed by atoms with E-state index >= 15 is 0 Å². The molecule has 5 nitrogen and oxygen atoms in total. The van der Waals surface area contributed by atoms with E-state index in [0.29, 0.717) is 17.4 Å². The van der Waals surface area contributed by atoms with Crippen LogP contribution in [-0.2, 0) is 16.4 Å². The van der Waals surface area contributed by atoms with Crippen LogP contribution in [0.4, 0.5) is 0 Å². The molecule has 0 amide bonds. The maximum atomic E-state index is 12.4. The van der Waals surface area contributed by atoms with Crippen molar-refractivity contribution < 1.29 is 8.42 Å². The van der Waals surface area contributed by atoms with Crippen LogP contribution in [0.3, 0.4) is 0 Å². The highest BCUT2D eigenvalue weighted by atomic mass is 79.9. The highest BCUT2D eigenvalue weighted by Crippen LogP contribution is 2.17. The van der Waals surface area contributed by atoms with Crippen molar-refractivity contribution in [1.82, 2.24) is 14.3 Å². The summed E-state index contributed by atoms with van der Waals surface area (Å²) < 4.78 is 26.6. The number of sulfonamides is 1. The van der Waals surface area contributed by atoms with Gasteiger partial charge in [-0.1, -0.05) is 6.07 Å². The third-order valence-electron chi connectivity index (χ3n) is 2.80. The Morgan fingerprint density at radius 1 is 1.30 bits per heavy atom. The second kappa shape index (κ2) is 6.43. The van der Waals surface area contributed by atoms with E-state index in [1.807, 2.05) is 18.2 Å². The maximum absolute atomic E-state index is 12.4. The van der Waals surface area contributed by atoms with Gasteiger partial charge in [0.05, 0.1) is 0 Å². The third-order valence-corrected chi connectivity index (χ3v) is 5.05. The number of aromatic nitrogens is 2. The summed E-state index contributed by atoms with van der Waals surface area (Å²) in [6.07, 6.45) is 5.16. The largest absolute Gasteiger partial charge is 0.262 e. The van der Waals surface area contributed by atoms with Crippen LogP contribution in [0, 0.1) is 0 Å². The molecular weight excluding hydrogens is 342 g/mol. The smallest absolute Gasteiger partial charge is 0.244 e. The van der Waals surface area contributed by atoms with Gasteiger partial charge in [-0.2, -0.15) is 0 Å². The molecule has 0 radical (unpaired) electrons. The lowest BCUT2D eigenvalue weighted by Gasteiger charge is -2.16. The van der Waals surface area contributed by atoms with Gasteiger partial charge in [0.25, 0.3) is 0 Å². The first kappa shape index (κ1) is 15.1. The van der Waals surface area contributed by atoms with Crippen LogP contribution in [0.25, 0.3) is 0 Å². The van der Waals surface area contributed by atoms with Crippen LogP contribution in [0.2, 0.25) is 0 Å². The Balaban J connectivity index is 2.10. The van der Waals surface area contributed by atoms with Gasteiger partial charge in [0.2, 0.25) is 10.0 Å². The number of rotatable bonds is 5. The van der Waals surface area contributed by atoms with Crippen molar-refractivity contribution in [3.63, 3.8) is 0 Å². The van der Waals surface area contributed by atoms with Gasteiger partial charge in [0.15, 0.2) is 0 Å². The second-order valence-electron chi connectivity index (χ2n) is 4.24. The van der Waals surface area contributed by atoms with Gasteiger partial charge in [-0.25, -0.2) is 12.7 Å². The van der Waals surface area contributed by atoms with Crippen LogP contribution >= 0.6 is 15.9 Å². The molecule has 2 aromatic heterocycles. The molecule has 106 valence electrons. The predicted octanol–water partition coefficient (Wildman–Crippen LogP) is 2.10. The first-order valence-corrected chi connectivity index (χ1v) is 8.20. The molecule has 0 unspecified atom stereocenters. The van der Waals surface area contributed by atoms with E-state index in [1.54, 1.807) is 25.5 Å². The zero-order chi connectivity index (χ0) is 14.6. The van der Waals surface area contributed by atoms with Gasteiger partial charge in [-0.3, -0.25) is 9.97 Å². The minimum absolute atomic E-state index is 0.176. The lowest BCUT2D eigenvalue weighted by Crippen LogP contribution is -2.29. The average molecular weight is 356 g/mol. The zero-order valence-corrected chi connectivity index (χ0v) is 13.3. The molecule has 7 heteroatoms. The molecule has 0 fully saturated rings. The summed E-state index contributed by atoms with van der Waals surface area (Å²) >= 11 is 3.22. The number of halogens is 1. The Hall–Kier alpha value is -1.31. The molecule has 2 rings (SSSR count). The summed E-state index contributed by atoms with van der Waals surface area (Å²) in [5.41, 5.74) is 0.863. The standard InChI is InChI=1S/C13H14BrN3O2S/c1-17(7-5-12-4-2-3-6-16-12)20(18,19)13-8-11(14)9-15-10-13/h2-4,6,8-10H,5,7H2,1H3. The molecule has 0 spiro atoms. The van der Waals surface area contributed by atoms with Crippen LogP contribution < -0.4 is 0 Å². The van der Waals surface area contributed by atoms with Crippen molar-refractivity contribution in [3.8, 4) is 0 Å². The molecule has 0 saturated carbocycles. The van der Waals surface area contributed by atoms with Gasteiger partial charge < -0.3 is 0 Å². The molecule has 0 aliphatic rings. The zero-order valence-electron chi connectivity index (χ0n) is 10.9. The SMILES string of the molecule is CN(CCc1ccccn1)S(=O)(=O)c1cncc(Br)c1. The minimum Gasteiger partial charge on any atom is -0.262 e. The van der Waals surface area contributed by atoms with E-state index in [4.69, 9.17) is 0 Å². The van der Waals surface area contributed by atoms with Crippen LogP contribution in [0.15, 0.2) is 52.2 Å². The Morgan fingerprint density at radius 2 is 2.10 bits per heavy atom. The van der Waals surface area contributed by atoms with E-state index in [1.165, 1.54) is 10.5 Å². The van der Waals surface area contributed by atoms with Gasteiger partial charge in [0, 0.05) is 48.8 Å². The Labute approximate surface area is 126 Å². The topological polar surface area (TPSA) is 63.2 Å². The quantitative estimate of drug-likeness (QED) is 0.823. The molecule has 2 aromatic rings. The number of pyridine rings is 2. The molecule has 0 aliphatic heterocycles. The summed E-state index contributed by atoms with van der Waals surface area (Å²) in [6.45, 7) is 0.367. The molecule has 0 aliphatic carbocycles. The molecule has 0 bridgehead atoms. The van der Waals surface area contributed by atoms with E-state index < -0.39 is 10.0 Å². The van der Waals surface area contributed by atoms with Crippen molar-refractivity contribution in [3.05, 3.63) is 53.0 Å². The Morgan fingerprint density at radius 3 is 2.75 bits per heavy atom. The van der Waals surface area contributed by atoms with Gasteiger partial charge in [-0.05, 0) is 34.1 Å². The van der Waals surface area contributed by atoms with Gasteiger partial charge in [0.1, 0.15) is 4.90 Å². The number of hydrogen-bond acceptors (Lipinski definition) is 4. The number of likely N-dealkylation sites (N-methyl/N-ethyl adjacent to an activating group) is 1. The van der Waals surface area contributed by atoms with E-state index in [2.05, 4.69) is 25.9 Å². The van der Waals surface area contributed by atoms with Crippen LogP contribution in [-0.4, -0.2) is 36.3 Å². The number of hydrogen-bond donors (Lipinski definition) is 0. The summed E-state index contributed by atoms with van der Waals surface area (Å²) in [6, 6.07) is 7.13. The normalized spacial score (nSPS) is 11.8. The number of nitrogens with zero attached hydrogens (tertiary/aromatic N) is 3. The van der Waals surface area contributed by atoms with Gasteiger partial charge >= 0.3 is 0 Å². The van der Waals surface area contributed by atoms with Gasteiger partial charge in [-0.15, -0.1) is 0 Å². The van der Waals surface area contributed by atoms with Crippen molar-refractivity contribution in [2.45, 2.75) is 11.3 Å². The summed E-state index contributed by atoms with van der Waals surface area (Å²) in [5.74, 6) is 0. The molecule has 0 atom stereocenters. The maximum Gasteiger partial charge on any atom is 0.244 e. The van der Waals surface area contributed by atoms with Crippen LogP contribution in [0.1, 0.15) is 5.69 Å². The van der Waals surface area contributed by atoms with Crippen molar-refractivity contribution in [2.24, 2.45) is 0 Å². The molecule has 0 saturated heterocycles. The highest BCUT2D eigenvalue weighted by molar-refractivity contribution is 9.10. The molecule has 20 heavy (non-hydrogen) atoms. The molecule has 0 aromatic carbocycles. The first-order valence-electron chi connectivity index (χ1n) is 5.97. The second-order valence-corrected chi connectivity index (χ2v) is 7.20. The fourth-order valence-corrected chi connectivity index (χ4v) is 3.33. The van der Waals surface area contributed by atoms with E-state index in [9.17, 15) is 8.42 Å². The van der Waals surface area contributed by atoms with Crippen molar-refractivity contribution in [2.75, 3.05) is 13.6 Å². The van der Waals surface area contributed by atoms with E-state index in [0.717, 1.165) is 5.69 Å². The van der Waals surface area contributed by atoms with Crippen molar-refractivity contribution >= 4 is 26.0 Å². The van der Waals surface area contributed by atoms with Crippen LogP contribution in [0.5, 0.6) is 0 Å². The fraction of sp³-hybridized carbons (Fsp3) is 0.231. The Kier molecular flexibility index (Phi) is 4.85.